The third kappa shape index (κ3) is 6.42. The van der Waals surface area contributed by atoms with Crippen molar-refractivity contribution in [3.8, 4) is 17.1 Å². The second-order valence-corrected chi connectivity index (χ2v) is 12.5. The maximum absolute atomic E-state index is 12.9. The molecule has 3 aromatic carbocycles. The Labute approximate surface area is 241 Å². The molecule has 1 fully saturated rings. The number of aromatic amines is 1. The molecule has 0 bridgehead atoms. The quantitative estimate of drug-likeness (QED) is 0.181. The number of hydrogen-bond acceptors (Lipinski definition) is 6. The van der Waals surface area contributed by atoms with Crippen LogP contribution in [0.1, 0.15) is 70.8 Å². The molecule has 41 heavy (non-hydrogen) atoms. The summed E-state index contributed by atoms with van der Waals surface area (Å²) in [7, 11) is 0. The van der Waals surface area contributed by atoms with Crippen molar-refractivity contribution in [2.45, 2.75) is 72.4 Å². The number of rotatable bonds is 7. The Morgan fingerprint density at radius 3 is 2.49 bits per heavy atom. The van der Waals surface area contributed by atoms with Crippen LogP contribution in [0, 0.1) is 10.8 Å². The molecule has 1 amide bonds. The Bertz CT molecular complexity index is 1570. The molecule has 1 saturated heterocycles. The van der Waals surface area contributed by atoms with Gasteiger partial charge in [0.1, 0.15) is 11.6 Å². The van der Waals surface area contributed by atoms with Gasteiger partial charge in [-0.15, -0.1) is 0 Å². The van der Waals surface area contributed by atoms with E-state index in [1.165, 1.54) is 0 Å². The van der Waals surface area contributed by atoms with E-state index in [2.05, 4.69) is 49.8 Å². The van der Waals surface area contributed by atoms with E-state index in [0.717, 1.165) is 53.4 Å². The predicted octanol–water partition coefficient (Wildman–Crippen LogP) is 6.38. The van der Waals surface area contributed by atoms with Crippen LogP contribution in [0.2, 0.25) is 0 Å². The number of nitrogens with zero attached hydrogens (tertiary/aromatic N) is 3. The maximum atomic E-state index is 12.9. The number of aromatic nitrogens is 3. The lowest BCUT2D eigenvalue weighted by Crippen LogP contribution is -2.49. The van der Waals surface area contributed by atoms with Gasteiger partial charge < -0.3 is 15.4 Å². The SMILES string of the molecule is CC1CCCC(C)N1C(=O)COc1ccc2cc(C(=N)c3cc(-c4n[nH]c(CC(C)(C)C)n4)ccc3N)ccc2c1. The summed E-state index contributed by atoms with van der Waals surface area (Å²) in [5, 5.41) is 18.3. The number of benzene rings is 3. The Balaban J connectivity index is 1.31. The molecule has 2 atom stereocenters. The molecule has 0 spiro atoms. The van der Waals surface area contributed by atoms with Crippen molar-refractivity contribution in [3.63, 3.8) is 0 Å². The zero-order valence-electron chi connectivity index (χ0n) is 24.6. The lowest BCUT2D eigenvalue weighted by atomic mass is 9.92. The first-order valence-electron chi connectivity index (χ1n) is 14.4. The molecule has 2 unspecified atom stereocenters. The predicted molar refractivity (Wildman–Crippen MR) is 164 cm³/mol. The van der Waals surface area contributed by atoms with Gasteiger partial charge in [-0.2, -0.15) is 5.10 Å². The first-order chi connectivity index (χ1) is 19.5. The summed E-state index contributed by atoms with van der Waals surface area (Å²) in [5.41, 5.74) is 9.45. The largest absolute Gasteiger partial charge is 0.484 e. The molecule has 0 aliphatic carbocycles. The van der Waals surface area contributed by atoms with Crippen LogP contribution >= 0.6 is 0 Å². The summed E-state index contributed by atoms with van der Waals surface area (Å²) in [6.45, 7) is 10.7. The van der Waals surface area contributed by atoms with Gasteiger partial charge in [-0.25, -0.2) is 4.98 Å². The van der Waals surface area contributed by atoms with Gasteiger partial charge in [-0.05, 0) is 85.7 Å². The van der Waals surface area contributed by atoms with Gasteiger partial charge in [0, 0.05) is 40.9 Å². The number of amides is 1. The molecular weight excluding hydrogens is 512 g/mol. The molecule has 8 nitrogen and oxygen atoms in total. The normalized spacial score (nSPS) is 17.5. The summed E-state index contributed by atoms with van der Waals surface area (Å²) < 4.78 is 5.91. The van der Waals surface area contributed by atoms with Gasteiger partial charge in [0.25, 0.3) is 5.91 Å². The maximum Gasteiger partial charge on any atom is 0.260 e. The molecule has 214 valence electrons. The fraction of sp³-hybridized carbons (Fsp3) is 0.394. The number of piperidine rings is 1. The molecule has 1 aliphatic heterocycles. The molecular formula is C33H40N6O2. The van der Waals surface area contributed by atoms with Crippen LogP contribution in [0.4, 0.5) is 5.69 Å². The van der Waals surface area contributed by atoms with Crippen LogP contribution < -0.4 is 10.5 Å². The molecule has 1 aliphatic rings. The molecule has 2 heterocycles. The van der Waals surface area contributed by atoms with Gasteiger partial charge in [0.2, 0.25) is 0 Å². The molecule has 8 heteroatoms. The Morgan fingerprint density at radius 1 is 1.05 bits per heavy atom. The smallest absolute Gasteiger partial charge is 0.260 e. The van der Waals surface area contributed by atoms with Crippen molar-refractivity contribution in [1.29, 1.82) is 5.41 Å². The average Bonchev–Trinajstić information content (AvgIpc) is 3.38. The lowest BCUT2D eigenvalue weighted by Gasteiger charge is -2.38. The number of likely N-dealkylation sites (tertiary alicyclic amines) is 1. The minimum Gasteiger partial charge on any atom is -0.484 e. The van der Waals surface area contributed by atoms with E-state index in [4.69, 9.17) is 15.9 Å². The Morgan fingerprint density at radius 2 is 1.76 bits per heavy atom. The third-order valence-corrected chi connectivity index (χ3v) is 7.75. The number of carbonyl (C=O) groups is 1. The van der Waals surface area contributed by atoms with Crippen LogP contribution in [0.25, 0.3) is 22.2 Å². The van der Waals surface area contributed by atoms with E-state index in [1.54, 1.807) is 6.07 Å². The highest BCUT2D eigenvalue weighted by atomic mass is 16.5. The van der Waals surface area contributed by atoms with Crippen molar-refractivity contribution >= 4 is 28.1 Å². The monoisotopic (exact) mass is 552 g/mol. The number of H-pyrrole nitrogens is 1. The first-order valence-corrected chi connectivity index (χ1v) is 14.4. The van der Waals surface area contributed by atoms with E-state index in [9.17, 15) is 4.79 Å². The van der Waals surface area contributed by atoms with Crippen molar-refractivity contribution in [2.75, 3.05) is 12.3 Å². The van der Waals surface area contributed by atoms with Crippen LogP contribution in [0.15, 0.2) is 54.6 Å². The summed E-state index contributed by atoms with van der Waals surface area (Å²) in [6, 6.07) is 17.7. The zero-order chi connectivity index (χ0) is 29.3. The fourth-order valence-electron chi connectivity index (χ4n) is 5.67. The van der Waals surface area contributed by atoms with E-state index < -0.39 is 0 Å². The first kappa shape index (κ1) is 28.3. The summed E-state index contributed by atoms with van der Waals surface area (Å²) >= 11 is 0. The fourth-order valence-corrected chi connectivity index (χ4v) is 5.67. The van der Waals surface area contributed by atoms with Gasteiger partial charge in [-0.3, -0.25) is 15.3 Å². The summed E-state index contributed by atoms with van der Waals surface area (Å²) in [4.78, 5) is 19.5. The van der Waals surface area contributed by atoms with Gasteiger partial charge >= 0.3 is 0 Å². The number of carbonyl (C=O) groups excluding carboxylic acids is 1. The molecule has 4 N–H and O–H groups in total. The number of fused-ring (bicyclic) bond motifs is 1. The number of anilines is 1. The van der Waals surface area contributed by atoms with Crippen LogP contribution in [0.5, 0.6) is 5.75 Å². The van der Waals surface area contributed by atoms with Gasteiger partial charge in [0.15, 0.2) is 12.4 Å². The zero-order valence-corrected chi connectivity index (χ0v) is 24.6. The van der Waals surface area contributed by atoms with Crippen molar-refractivity contribution < 1.29 is 9.53 Å². The minimum atomic E-state index is 0.0289. The minimum absolute atomic E-state index is 0.0289. The van der Waals surface area contributed by atoms with E-state index >= 15 is 0 Å². The standard InChI is InChI=1S/C33H40N6O2/c1-20-7-6-8-21(2)39(20)30(40)19-41-26-13-11-22-15-24(10-9-23(22)16-26)31(35)27-17-25(12-14-28(27)34)32-36-29(37-38-32)18-33(3,4)5/h9-17,20-21,35H,6-8,18-19,34H2,1-5H3,(H,36,37,38). The van der Waals surface area contributed by atoms with Crippen LogP contribution in [-0.4, -0.2) is 50.4 Å². The molecule has 1 aromatic heterocycles. The topological polar surface area (TPSA) is 121 Å². The molecule has 5 rings (SSSR count). The summed E-state index contributed by atoms with van der Waals surface area (Å²) in [5.74, 6) is 2.11. The number of hydrogen-bond donors (Lipinski definition) is 3. The number of nitrogen functional groups attached to an aromatic ring is 1. The second-order valence-electron chi connectivity index (χ2n) is 12.5. The Hall–Kier alpha value is -4.20. The lowest BCUT2D eigenvalue weighted by molar-refractivity contribution is -0.139. The van der Waals surface area contributed by atoms with Gasteiger partial charge in [-0.1, -0.05) is 39.0 Å². The van der Waals surface area contributed by atoms with Crippen molar-refractivity contribution in [1.82, 2.24) is 20.1 Å². The average molecular weight is 553 g/mol. The second kappa shape index (κ2) is 11.4. The highest BCUT2D eigenvalue weighted by Crippen LogP contribution is 2.28. The molecule has 4 aromatic rings. The Kier molecular flexibility index (Phi) is 7.84. The molecule has 0 radical (unpaired) electrons. The van der Waals surface area contributed by atoms with Crippen LogP contribution in [-0.2, 0) is 11.2 Å². The number of nitrogens with two attached hydrogens (primary N) is 1. The molecule has 0 saturated carbocycles. The third-order valence-electron chi connectivity index (χ3n) is 7.75. The van der Waals surface area contributed by atoms with E-state index in [0.29, 0.717) is 28.5 Å². The van der Waals surface area contributed by atoms with E-state index in [-0.39, 0.29) is 30.0 Å². The van der Waals surface area contributed by atoms with Crippen molar-refractivity contribution in [2.24, 2.45) is 5.41 Å². The number of ether oxygens (including phenoxy) is 1. The number of nitrogens with one attached hydrogen (secondary N) is 2. The van der Waals surface area contributed by atoms with Gasteiger partial charge in [0.05, 0.1) is 5.71 Å². The summed E-state index contributed by atoms with van der Waals surface area (Å²) in [6.07, 6.45) is 4.03. The highest BCUT2D eigenvalue weighted by Gasteiger charge is 2.29. The highest BCUT2D eigenvalue weighted by molar-refractivity contribution is 6.15. The van der Waals surface area contributed by atoms with Crippen LogP contribution in [0.3, 0.4) is 0 Å². The van der Waals surface area contributed by atoms with E-state index in [1.807, 2.05) is 53.4 Å². The van der Waals surface area contributed by atoms with Crippen molar-refractivity contribution in [3.05, 3.63) is 71.5 Å².